The Bertz CT molecular complexity index is 350. The third-order valence-electron chi connectivity index (χ3n) is 3.41. The number of carboxylic acid groups (broad SMARTS) is 1. The summed E-state index contributed by atoms with van der Waals surface area (Å²) >= 11 is 0. The minimum Gasteiger partial charge on any atom is -0.480 e. The Kier molecular flexibility index (Phi) is 3.59. The third kappa shape index (κ3) is 2.81. The van der Waals surface area contributed by atoms with Gasteiger partial charge in [-0.15, -0.1) is 0 Å². The molecule has 1 amide bonds. The number of hydrogen-bond acceptors (Lipinski definition) is 4. The van der Waals surface area contributed by atoms with Crippen LogP contribution in [0.25, 0.3) is 0 Å². The zero-order valence-electron chi connectivity index (χ0n) is 10.7. The number of hydrogen-bond donors (Lipinski definition) is 1. The van der Waals surface area contributed by atoms with Gasteiger partial charge in [0.15, 0.2) is 0 Å². The first kappa shape index (κ1) is 13.3. The van der Waals surface area contributed by atoms with Crippen molar-refractivity contribution in [2.75, 3.05) is 19.7 Å². The molecule has 2 aliphatic heterocycles. The van der Waals surface area contributed by atoms with E-state index in [9.17, 15) is 9.59 Å². The van der Waals surface area contributed by atoms with E-state index in [0.29, 0.717) is 13.1 Å². The number of likely N-dealkylation sites (tertiary alicyclic amines) is 1. The van der Waals surface area contributed by atoms with Gasteiger partial charge in [0, 0.05) is 0 Å². The molecule has 0 radical (unpaired) electrons. The molecule has 18 heavy (non-hydrogen) atoms. The molecule has 0 saturated carbocycles. The highest BCUT2D eigenvalue weighted by Gasteiger charge is 2.45. The third-order valence-corrected chi connectivity index (χ3v) is 3.41. The Morgan fingerprint density at radius 1 is 1.44 bits per heavy atom. The molecule has 102 valence electrons. The molecule has 2 aliphatic rings. The SMILES string of the molecule is CC1CCC(C(=O)N2CC(C)(OCC(=O)O)C2)O1. The standard InChI is InChI=1S/C12H19NO5/c1-8-3-4-9(18-8)11(16)13-6-12(2,7-13)17-5-10(14)15/h8-9H,3-7H2,1-2H3,(H,14,15). The van der Waals surface area contributed by atoms with Crippen LogP contribution in [0.1, 0.15) is 26.7 Å². The van der Waals surface area contributed by atoms with Crippen LogP contribution in [0.3, 0.4) is 0 Å². The summed E-state index contributed by atoms with van der Waals surface area (Å²) in [7, 11) is 0. The lowest BCUT2D eigenvalue weighted by Crippen LogP contribution is -2.65. The first-order chi connectivity index (χ1) is 8.39. The second-order valence-corrected chi connectivity index (χ2v) is 5.34. The Hall–Kier alpha value is -1.14. The summed E-state index contributed by atoms with van der Waals surface area (Å²) in [5.74, 6) is -0.996. The second kappa shape index (κ2) is 4.85. The van der Waals surface area contributed by atoms with E-state index in [0.717, 1.165) is 12.8 Å². The van der Waals surface area contributed by atoms with Gasteiger partial charge in [0.1, 0.15) is 18.3 Å². The number of carbonyl (C=O) groups excluding carboxylic acids is 1. The maximum atomic E-state index is 12.0. The van der Waals surface area contributed by atoms with Crippen molar-refractivity contribution in [3.8, 4) is 0 Å². The molecule has 0 aromatic heterocycles. The molecule has 0 spiro atoms. The van der Waals surface area contributed by atoms with Crippen LogP contribution >= 0.6 is 0 Å². The van der Waals surface area contributed by atoms with Crippen molar-refractivity contribution in [2.24, 2.45) is 0 Å². The topological polar surface area (TPSA) is 76.1 Å². The predicted octanol–water partition coefficient (Wildman–Crippen LogP) is 0.256. The molecular weight excluding hydrogens is 238 g/mol. The molecular formula is C12H19NO5. The fraction of sp³-hybridized carbons (Fsp3) is 0.833. The molecule has 0 aliphatic carbocycles. The molecule has 2 unspecified atom stereocenters. The molecule has 0 bridgehead atoms. The molecule has 2 rings (SSSR count). The average Bonchev–Trinajstić information content (AvgIpc) is 2.68. The first-order valence-electron chi connectivity index (χ1n) is 6.20. The molecule has 6 heteroatoms. The lowest BCUT2D eigenvalue weighted by Gasteiger charge is -2.47. The van der Waals surface area contributed by atoms with Crippen molar-refractivity contribution in [1.29, 1.82) is 0 Å². The molecule has 2 atom stereocenters. The zero-order valence-corrected chi connectivity index (χ0v) is 10.7. The van der Waals surface area contributed by atoms with Crippen LogP contribution in [0.2, 0.25) is 0 Å². The van der Waals surface area contributed by atoms with Crippen LogP contribution in [0.4, 0.5) is 0 Å². The number of amides is 1. The van der Waals surface area contributed by atoms with Crippen LogP contribution < -0.4 is 0 Å². The van der Waals surface area contributed by atoms with E-state index in [1.807, 2.05) is 13.8 Å². The van der Waals surface area contributed by atoms with E-state index in [-0.39, 0.29) is 24.7 Å². The number of aliphatic carboxylic acids is 1. The van der Waals surface area contributed by atoms with Gasteiger partial charge in [-0.25, -0.2) is 4.79 Å². The Morgan fingerprint density at radius 2 is 2.11 bits per heavy atom. The molecule has 2 fully saturated rings. The summed E-state index contributed by atoms with van der Waals surface area (Å²) in [5.41, 5.74) is -0.529. The van der Waals surface area contributed by atoms with Crippen molar-refractivity contribution in [3.05, 3.63) is 0 Å². The van der Waals surface area contributed by atoms with Crippen LogP contribution in [-0.2, 0) is 19.1 Å². The van der Waals surface area contributed by atoms with Gasteiger partial charge in [-0.05, 0) is 26.7 Å². The van der Waals surface area contributed by atoms with Crippen molar-refractivity contribution in [2.45, 2.75) is 44.5 Å². The van der Waals surface area contributed by atoms with E-state index in [1.165, 1.54) is 0 Å². The van der Waals surface area contributed by atoms with Crippen LogP contribution in [0.5, 0.6) is 0 Å². The lowest BCUT2D eigenvalue weighted by molar-refractivity contribution is -0.179. The Balaban J connectivity index is 1.77. The molecule has 2 heterocycles. The predicted molar refractivity (Wildman–Crippen MR) is 62.1 cm³/mol. The molecule has 2 saturated heterocycles. The molecule has 1 N–H and O–H groups in total. The maximum Gasteiger partial charge on any atom is 0.329 e. The van der Waals surface area contributed by atoms with Gasteiger partial charge < -0.3 is 19.5 Å². The van der Waals surface area contributed by atoms with Gasteiger partial charge in [-0.3, -0.25) is 4.79 Å². The largest absolute Gasteiger partial charge is 0.480 e. The van der Waals surface area contributed by atoms with Gasteiger partial charge in [-0.1, -0.05) is 0 Å². The van der Waals surface area contributed by atoms with Gasteiger partial charge in [0.05, 0.1) is 19.2 Å². The first-order valence-corrected chi connectivity index (χ1v) is 6.20. The molecule has 6 nitrogen and oxygen atoms in total. The number of carbonyl (C=O) groups is 2. The number of rotatable bonds is 4. The van der Waals surface area contributed by atoms with Crippen molar-refractivity contribution < 1.29 is 24.2 Å². The fourth-order valence-corrected chi connectivity index (χ4v) is 2.43. The van der Waals surface area contributed by atoms with E-state index in [4.69, 9.17) is 14.6 Å². The van der Waals surface area contributed by atoms with Crippen LogP contribution in [0.15, 0.2) is 0 Å². The van der Waals surface area contributed by atoms with Gasteiger partial charge >= 0.3 is 5.97 Å². The van der Waals surface area contributed by atoms with Gasteiger partial charge in [-0.2, -0.15) is 0 Å². The number of nitrogens with zero attached hydrogens (tertiary/aromatic N) is 1. The minimum absolute atomic E-state index is 0.00394. The summed E-state index contributed by atoms with van der Waals surface area (Å²) in [4.78, 5) is 24.1. The van der Waals surface area contributed by atoms with Crippen LogP contribution in [-0.4, -0.2) is 59.4 Å². The van der Waals surface area contributed by atoms with E-state index >= 15 is 0 Å². The van der Waals surface area contributed by atoms with Crippen molar-refractivity contribution >= 4 is 11.9 Å². The highest BCUT2D eigenvalue weighted by atomic mass is 16.5. The van der Waals surface area contributed by atoms with Crippen molar-refractivity contribution in [1.82, 2.24) is 4.90 Å². The average molecular weight is 257 g/mol. The maximum absolute atomic E-state index is 12.0. The minimum atomic E-state index is -0.992. The number of ether oxygens (including phenoxy) is 2. The monoisotopic (exact) mass is 257 g/mol. The summed E-state index contributed by atoms with van der Waals surface area (Å²) < 4.78 is 10.8. The lowest BCUT2D eigenvalue weighted by atomic mass is 9.95. The highest BCUT2D eigenvalue weighted by Crippen LogP contribution is 2.28. The van der Waals surface area contributed by atoms with Crippen molar-refractivity contribution in [3.63, 3.8) is 0 Å². The normalized spacial score (nSPS) is 30.0. The zero-order chi connectivity index (χ0) is 13.3. The summed E-state index contributed by atoms with van der Waals surface area (Å²) in [5, 5.41) is 8.55. The Labute approximate surface area is 106 Å². The smallest absolute Gasteiger partial charge is 0.329 e. The summed E-state index contributed by atoms with van der Waals surface area (Å²) in [6.45, 7) is 4.33. The molecule has 0 aromatic rings. The highest BCUT2D eigenvalue weighted by molar-refractivity contribution is 5.82. The van der Waals surface area contributed by atoms with E-state index in [1.54, 1.807) is 4.90 Å². The van der Waals surface area contributed by atoms with Gasteiger partial charge in [0.25, 0.3) is 5.91 Å². The van der Waals surface area contributed by atoms with Gasteiger partial charge in [0.2, 0.25) is 0 Å². The van der Waals surface area contributed by atoms with Crippen LogP contribution in [0, 0.1) is 0 Å². The molecule has 0 aromatic carbocycles. The van der Waals surface area contributed by atoms with E-state index < -0.39 is 11.6 Å². The van der Waals surface area contributed by atoms with E-state index in [2.05, 4.69) is 0 Å². The fourth-order valence-electron chi connectivity index (χ4n) is 2.43. The second-order valence-electron chi connectivity index (χ2n) is 5.34. The summed E-state index contributed by atoms with van der Waals surface area (Å²) in [6, 6.07) is 0. The summed E-state index contributed by atoms with van der Waals surface area (Å²) in [6.07, 6.45) is 1.50. The number of carboxylic acids is 1. The Morgan fingerprint density at radius 3 is 2.61 bits per heavy atom. The quantitative estimate of drug-likeness (QED) is 0.781.